The quantitative estimate of drug-likeness (QED) is 0.394. The van der Waals surface area contributed by atoms with Gasteiger partial charge in [0.2, 0.25) is 0 Å². The van der Waals surface area contributed by atoms with Crippen molar-refractivity contribution in [2.24, 2.45) is 0 Å². The number of carbonyl (C=O) groups is 1. The van der Waals surface area contributed by atoms with Crippen molar-refractivity contribution >= 4 is 46.1 Å². The van der Waals surface area contributed by atoms with E-state index in [4.69, 9.17) is 16.6 Å². The van der Waals surface area contributed by atoms with Crippen LogP contribution >= 0.6 is 24.0 Å². The maximum atomic E-state index is 11.5. The number of thioether (sulfide) groups is 1. The lowest BCUT2D eigenvalue weighted by molar-refractivity contribution is -0.389. The molecule has 8 nitrogen and oxygen atoms in total. The number of hydrogen-bond donors (Lipinski definition) is 1. The summed E-state index contributed by atoms with van der Waals surface area (Å²) >= 11 is 6.07. The van der Waals surface area contributed by atoms with E-state index < -0.39 is 4.92 Å². The lowest BCUT2D eigenvalue weighted by atomic mass is 10.3. The number of thiocarbonyl (C=S) groups is 1. The summed E-state index contributed by atoms with van der Waals surface area (Å²) in [7, 11) is 0. The number of furan rings is 1. The average Bonchev–Trinajstić information content (AvgIpc) is 3.14. The predicted molar refractivity (Wildman–Crippen MR) is 83.0 cm³/mol. The molecule has 0 spiro atoms. The Morgan fingerprint density at radius 1 is 1.50 bits per heavy atom. The van der Waals surface area contributed by atoms with E-state index in [0.29, 0.717) is 20.7 Å². The Bertz CT molecular complexity index is 808. The molecule has 1 N–H and O–H groups in total. The zero-order valence-electron chi connectivity index (χ0n) is 10.9. The van der Waals surface area contributed by atoms with E-state index in [1.807, 2.05) is 0 Å². The highest BCUT2D eigenvalue weighted by Crippen LogP contribution is 2.26. The zero-order valence-corrected chi connectivity index (χ0v) is 12.5. The molecule has 22 heavy (non-hydrogen) atoms. The smallest absolute Gasteiger partial charge is 0.389 e. The normalized spacial score (nSPS) is 16.3. The van der Waals surface area contributed by atoms with Gasteiger partial charge >= 0.3 is 5.82 Å². The van der Waals surface area contributed by atoms with Crippen molar-refractivity contribution in [3.8, 4) is 0 Å². The van der Waals surface area contributed by atoms with Crippen LogP contribution in [0.1, 0.15) is 11.5 Å². The molecule has 0 bridgehead atoms. The monoisotopic (exact) mass is 336 g/mol. The third-order valence-corrected chi connectivity index (χ3v) is 3.89. The Kier molecular flexibility index (Phi) is 3.77. The lowest BCUT2D eigenvalue weighted by Gasteiger charge is -1.93. The highest BCUT2D eigenvalue weighted by atomic mass is 32.2. The fourth-order valence-electron chi connectivity index (χ4n) is 1.80. The topological polar surface area (TPSA) is 103 Å². The maximum Gasteiger partial charge on any atom is 0.389 e. The number of hydrogen-bond acceptors (Lipinski definition) is 7. The van der Waals surface area contributed by atoms with Gasteiger partial charge in [-0.15, -0.1) is 0 Å². The SMILES string of the molecule is O=C1NC(=S)S/C1=C\c1ccc(Cn2ccc([N+](=O)[O-])n2)o1. The van der Waals surface area contributed by atoms with Crippen LogP contribution in [0, 0.1) is 10.1 Å². The van der Waals surface area contributed by atoms with Crippen LogP contribution in [0.25, 0.3) is 6.08 Å². The average molecular weight is 336 g/mol. The minimum atomic E-state index is -0.562. The van der Waals surface area contributed by atoms with E-state index in [0.717, 1.165) is 0 Å². The minimum absolute atomic E-state index is 0.221. The second-order valence-electron chi connectivity index (χ2n) is 4.28. The molecule has 0 aliphatic carbocycles. The van der Waals surface area contributed by atoms with Gasteiger partial charge in [-0.3, -0.25) is 4.79 Å². The number of nitro groups is 1. The number of amides is 1. The molecule has 0 saturated carbocycles. The maximum absolute atomic E-state index is 11.5. The van der Waals surface area contributed by atoms with Gasteiger partial charge in [0.1, 0.15) is 22.4 Å². The zero-order chi connectivity index (χ0) is 15.7. The molecule has 1 saturated heterocycles. The standard InChI is InChI=1S/C12H8N4O4S2/c17-11-9(22-12(21)13-11)5-7-1-2-8(20-7)6-15-4-3-10(14-15)16(18)19/h1-5H,6H2,(H,13,17,21)/b9-5-. The lowest BCUT2D eigenvalue weighted by Crippen LogP contribution is -2.17. The van der Waals surface area contributed by atoms with Crippen molar-refractivity contribution in [2.75, 3.05) is 0 Å². The third-order valence-electron chi connectivity index (χ3n) is 2.73. The minimum Gasteiger partial charge on any atom is -0.460 e. The summed E-state index contributed by atoms with van der Waals surface area (Å²) in [5.74, 6) is 0.590. The van der Waals surface area contributed by atoms with Crippen molar-refractivity contribution in [3.63, 3.8) is 0 Å². The van der Waals surface area contributed by atoms with E-state index in [2.05, 4.69) is 10.4 Å². The summed E-state index contributed by atoms with van der Waals surface area (Å²) in [6.07, 6.45) is 3.09. The molecule has 1 aliphatic rings. The Morgan fingerprint density at radius 3 is 2.95 bits per heavy atom. The number of carbonyl (C=O) groups excluding carboxylic acids is 1. The van der Waals surface area contributed by atoms with E-state index >= 15 is 0 Å². The fourth-order valence-corrected chi connectivity index (χ4v) is 2.83. The van der Waals surface area contributed by atoms with E-state index in [9.17, 15) is 14.9 Å². The molecule has 112 valence electrons. The van der Waals surface area contributed by atoms with E-state index in [1.165, 1.54) is 28.7 Å². The second-order valence-corrected chi connectivity index (χ2v) is 6.00. The number of rotatable bonds is 4. The molecule has 3 heterocycles. The van der Waals surface area contributed by atoms with Gasteiger partial charge in [0.05, 0.1) is 22.3 Å². The highest BCUT2D eigenvalue weighted by molar-refractivity contribution is 8.26. The van der Waals surface area contributed by atoms with Gasteiger partial charge in [-0.25, -0.2) is 0 Å². The van der Waals surface area contributed by atoms with Crippen molar-refractivity contribution < 1.29 is 14.1 Å². The van der Waals surface area contributed by atoms with E-state index in [-0.39, 0.29) is 18.3 Å². The van der Waals surface area contributed by atoms with Crippen LogP contribution in [0.4, 0.5) is 5.82 Å². The number of aromatic nitrogens is 2. The van der Waals surface area contributed by atoms with Crippen LogP contribution in [0.5, 0.6) is 0 Å². The molecule has 1 fully saturated rings. The molecule has 0 aromatic carbocycles. The van der Waals surface area contributed by atoms with Gasteiger partial charge < -0.3 is 19.8 Å². The van der Waals surface area contributed by atoms with Crippen molar-refractivity contribution in [2.45, 2.75) is 6.54 Å². The summed E-state index contributed by atoms with van der Waals surface area (Å²) in [5.41, 5.74) is 0. The molecule has 2 aromatic rings. The number of nitrogens with one attached hydrogen (secondary N) is 1. The van der Waals surface area contributed by atoms with Gasteiger partial charge in [-0.1, -0.05) is 24.0 Å². The number of nitrogens with zero attached hydrogens (tertiary/aromatic N) is 3. The second kappa shape index (κ2) is 5.73. The molecule has 1 aliphatic heterocycles. The third kappa shape index (κ3) is 3.07. The van der Waals surface area contributed by atoms with Gasteiger partial charge in [0, 0.05) is 6.08 Å². The first kappa shape index (κ1) is 14.5. The molecule has 0 radical (unpaired) electrons. The molecule has 0 unspecified atom stereocenters. The fraction of sp³-hybridized carbons (Fsp3) is 0.0833. The highest BCUT2D eigenvalue weighted by Gasteiger charge is 2.22. The Hall–Kier alpha value is -2.46. The first-order chi connectivity index (χ1) is 10.5. The van der Waals surface area contributed by atoms with Crippen LogP contribution in [0.3, 0.4) is 0 Å². The Balaban J connectivity index is 1.73. The van der Waals surface area contributed by atoms with E-state index in [1.54, 1.807) is 18.2 Å². The van der Waals surface area contributed by atoms with Crippen LogP contribution in [-0.2, 0) is 11.3 Å². The van der Waals surface area contributed by atoms with Crippen LogP contribution in [0.2, 0.25) is 0 Å². The first-order valence-electron chi connectivity index (χ1n) is 6.03. The molecule has 1 amide bonds. The van der Waals surface area contributed by atoms with Gasteiger partial charge in [-0.05, 0) is 17.1 Å². The molecule has 2 aromatic heterocycles. The molecule has 10 heteroatoms. The summed E-state index contributed by atoms with van der Waals surface area (Å²) in [6, 6.07) is 4.73. The summed E-state index contributed by atoms with van der Waals surface area (Å²) in [6.45, 7) is 0.259. The first-order valence-corrected chi connectivity index (χ1v) is 7.25. The van der Waals surface area contributed by atoms with Gasteiger partial charge in [-0.2, -0.15) is 4.68 Å². The van der Waals surface area contributed by atoms with Crippen molar-refractivity contribution in [1.82, 2.24) is 15.1 Å². The van der Waals surface area contributed by atoms with Crippen molar-refractivity contribution in [1.29, 1.82) is 0 Å². The van der Waals surface area contributed by atoms with Crippen LogP contribution in [0.15, 0.2) is 33.7 Å². The van der Waals surface area contributed by atoms with Crippen LogP contribution < -0.4 is 5.32 Å². The van der Waals surface area contributed by atoms with Crippen molar-refractivity contribution in [3.05, 3.63) is 50.9 Å². The molecule has 0 atom stereocenters. The van der Waals surface area contributed by atoms with Gasteiger partial charge in [0.15, 0.2) is 0 Å². The summed E-state index contributed by atoms with van der Waals surface area (Å²) < 4.78 is 7.37. The largest absolute Gasteiger partial charge is 0.460 e. The molecular formula is C12H8N4O4S2. The Morgan fingerprint density at radius 2 is 2.32 bits per heavy atom. The summed E-state index contributed by atoms with van der Waals surface area (Å²) in [5, 5.41) is 16.9. The Labute approximate surface area is 133 Å². The molecule has 3 rings (SSSR count). The van der Waals surface area contributed by atoms with Gasteiger partial charge in [0.25, 0.3) is 5.91 Å². The summed E-state index contributed by atoms with van der Waals surface area (Å²) in [4.78, 5) is 22.0. The predicted octanol–water partition coefficient (Wildman–Crippen LogP) is 1.92. The van der Waals surface area contributed by atoms with Crippen LogP contribution in [-0.4, -0.2) is 24.9 Å². The molecular weight excluding hydrogens is 328 g/mol.